The first kappa shape index (κ1) is 23.7. The summed E-state index contributed by atoms with van der Waals surface area (Å²) in [6.45, 7) is 3.79. The molecule has 0 radical (unpaired) electrons. The number of aryl methyl sites for hydroxylation is 1. The number of hydrogen-bond acceptors (Lipinski definition) is 3. The smallest absolute Gasteiger partial charge is 0.224 e. The zero-order valence-electron chi connectivity index (χ0n) is 20.0. The number of nitrogens with zero attached hydrogens (tertiary/aromatic N) is 3. The lowest BCUT2D eigenvalue weighted by Gasteiger charge is -2.29. The van der Waals surface area contributed by atoms with E-state index in [1.54, 1.807) is 18.3 Å². The monoisotopic (exact) mass is 499 g/mol. The standard InChI is InChI=1S/C28H26FN5OS/c1-3-25(35)31-22-14-13-21(17-18(22)2)34-27(26(32-28(34)36)23-7-4-5-15-30-23)24-8-6-16-33(24)20-11-9-19(29)10-12-20/h4-17,26-27H,3H2,1-2H3,(H,31,35)(H,32,36)/t26-,27+/m1/s1. The Labute approximate surface area is 214 Å². The molecule has 4 aromatic rings. The molecule has 1 saturated heterocycles. The Morgan fingerprint density at radius 2 is 1.86 bits per heavy atom. The summed E-state index contributed by atoms with van der Waals surface area (Å²) in [5, 5.41) is 7.00. The van der Waals surface area contributed by atoms with Gasteiger partial charge in [-0.1, -0.05) is 13.0 Å². The molecule has 182 valence electrons. The molecular weight excluding hydrogens is 473 g/mol. The fourth-order valence-electron chi connectivity index (χ4n) is 4.58. The Bertz CT molecular complexity index is 1400. The van der Waals surface area contributed by atoms with Gasteiger partial charge in [-0.25, -0.2) is 4.39 Å². The van der Waals surface area contributed by atoms with E-state index in [4.69, 9.17) is 12.2 Å². The van der Waals surface area contributed by atoms with Crippen LogP contribution in [0.4, 0.5) is 15.8 Å². The van der Waals surface area contributed by atoms with Crippen molar-refractivity contribution in [2.45, 2.75) is 32.4 Å². The molecule has 1 fully saturated rings. The van der Waals surface area contributed by atoms with E-state index < -0.39 is 0 Å². The van der Waals surface area contributed by atoms with Gasteiger partial charge in [0, 0.05) is 41.6 Å². The van der Waals surface area contributed by atoms with Gasteiger partial charge in [-0.3, -0.25) is 9.78 Å². The molecule has 0 saturated carbocycles. The average molecular weight is 500 g/mol. The van der Waals surface area contributed by atoms with Crippen LogP contribution in [-0.2, 0) is 4.79 Å². The van der Waals surface area contributed by atoms with Crippen LogP contribution in [0.5, 0.6) is 0 Å². The number of pyridine rings is 1. The van der Waals surface area contributed by atoms with Crippen LogP contribution in [0.2, 0.25) is 0 Å². The Morgan fingerprint density at radius 3 is 2.56 bits per heavy atom. The van der Waals surface area contributed by atoms with Crippen molar-refractivity contribution >= 4 is 34.6 Å². The van der Waals surface area contributed by atoms with Gasteiger partial charge in [-0.2, -0.15) is 0 Å². The molecular formula is C28H26FN5OS. The average Bonchev–Trinajstić information content (AvgIpc) is 3.50. The summed E-state index contributed by atoms with van der Waals surface area (Å²) in [4.78, 5) is 18.6. The number of hydrogen-bond donors (Lipinski definition) is 2. The van der Waals surface area contributed by atoms with Crippen molar-refractivity contribution in [1.82, 2.24) is 14.9 Å². The number of carbonyl (C=O) groups excluding carboxylic acids is 1. The molecule has 2 N–H and O–H groups in total. The Hall–Kier alpha value is -4.04. The van der Waals surface area contributed by atoms with Crippen LogP contribution in [0, 0.1) is 12.7 Å². The maximum Gasteiger partial charge on any atom is 0.224 e. The summed E-state index contributed by atoms with van der Waals surface area (Å²) in [6, 6.07) is 21.7. The van der Waals surface area contributed by atoms with Gasteiger partial charge in [0.25, 0.3) is 0 Å². The number of rotatable bonds is 6. The number of anilines is 2. The van der Waals surface area contributed by atoms with Crippen molar-refractivity contribution in [3.8, 4) is 5.69 Å². The first-order valence-electron chi connectivity index (χ1n) is 11.8. The number of amides is 1. The number of thiocarbonyl (C=S) groups is 1. The van der Waals surface area contributed by atoms with Gasteiger partial charge in [-0.15, -0.1) is 0 Å². The second-order valence-corrected chi connectivity index (χ2v) is 9.06. The molecule has 2 atom stereocenters. The molecule has 0 unspecified atom stereocenters. The maximum absolute atomic E-state index is 13.6. The van der Waals surface area contributed by atoms with Crippen LogP contribution >= 0.6 is 12.2 Å². The predicted octanol–water partition coefficient (Wildman–Crippen LogP) is 5.85. The number of halogens is 1. The van der Waals surface area contributed by atoms with Gasteiger partial charge >= 0.3 is 0 Å². The fourth-order valence-corrected chi connectivity index (χ4v) is 4.93. The first-order valence-corrected chi connectivity index (χ1v) is 12.2. The van der Waals surface area contributed by atoms with Gasteiger partial charge in [0.15, 0.2) is 5.11 Å². The number of benzene rings is 2. The predicted molar refractivity (Wildman–Crippen MR) is 144 cm³/mol. The SMILES string of the molecule is CCC(=O)Nc1ccc(N2C(=S)N[C@H](c3ccccn3)[C@@H]2c2cccn2-c2ccc(F)cc2)cc1C. The molecule has 2 aromatic heterocycles. The molecule has 5 rings (SSSR count). The molecule has 1 amide bonds. The molecule has 2 aromatic carbocycles. The summed E-state index contributed by atoms with van der Waals surface area (Å²) < 4.78 is 15.7. The molecule has 0 aliphatic carbocycles. The molecule has 8 heteroatoms. The van der Waals surface area contributed by atoms with Gasteiger partial charge in [0.05, 0.1) is 11.7 Å². The van der Waals surface area contributed by atoms with Crippen molar-refractivity contribution in [1.29, 1.82) is 0 Å². The van der Waals surface area contributed by atoms with Crippen LogP contribution in [0.25, 0.3) is 5.69 Å². The minimum atomic E-state index is -0.283. The van der Waals surface area contributed by atoms with Gasteiger partial charge in [-0.05, 0) is 91.4 Å². The van der Waals surface area contributed by atoms with E-state index >= 15 is 0 Å². The van der Waals surface area contributed by atoms with Crippen molar-refractivity contribution in [3.63, 3.8) is 0 Å². The third kappa shape index (κ3) is 4.47. The maximum atomic E-state index is 13.6. The zero-order chi connectivity index (χ0) is 25.2. The fraction of sp³-hybridized carbons (Fsp3) is 0.179. The third-order valence-corrected chi connectivity index (χ3v) is 6.68. The van der Waals surface area contributed by atoms with E-state index in [2.05, 4.69) is 26.6 Å². The molecule has 3 heterocycles. The van der Waals surface area contributed by atoms with Crippen molar-refractivity contribution in [2.75, 3.05) is 10.2 Å². The van der Waals surface area contributed by atoms with Gasteiger partial charge in [0.2, 0.25) is 5.91 Å². The zero-order valence-corrected chi connectivity index (χ0v) is 20.8. The Balaban J connectivity index is 1.61. The van der Waals surface area contributed by atoms with Crippen LogP contribution in [0.15, 0.2) is 85.2 Å². The van der Waals surface area contributed by atoms with Crippen LogP contribution < -0.4 is 15.5 Å². The summed E-state index contributed by atoms with van der Waals surface area (Å²) in [7, 11) is 0. The van der Waals surface area contributed by atoms with Crippen LogP contribution in [0.3, 0.4) is 0 Å². The largest absolute Gasteiger partial charge is 0.351 e. The number of nitrogens with one attached hydrogen (secondary N) is 2. The highest BCUT2D eigenvalue weighted by Gasteiger charge is 2.42. The van der Waals surface area contributed by atoms with Crippen molar-refractivity contribution in [3.05, 3.63) is 108 Å². The summed E-state index contributed by atoms with van der Waals surface area (Å²) >= 11 is 5.85. The minimum absolute atomic E-state index is 0.0329. The van der Waals surface area contributed by atoms with Crippen LogP contribution in [0.1, 0.15) is 42.4 Å². The number of aromatic nitrogens is 2. The molecule has 36 heavy (non-hydrogen) atoms. The summed E-state index contributed by atoms with van der Waals surface area (Å²) in [5.41, 5.74) is 5.30. The topological polar surface area (TPSA) is 62.2 Å². The van der Waals surface area contributed by atoms with E-state index in [9.17, 15) is 9.18 Å². The molecule has 6 nitrogen and oxygen atoms in total. The molecule has 0 bridgehead atoms. The highest BCUT2D eigenvalue weighted by molar-refractivity contribution is 7.80. The van der Waals surface area contributed by atoms with Gasteiger partial charge < -0.3 is 20.1 Å². The van der Waals surface area contributed by atoms with E-state index in [1.165, 1.54) is 12.1 Å². The second kappa shape index (κ2) is 9.91. The van der Waals surface area contributed by atoms with Crippen molar-refractivity contribution < 1.29 is 9.18 Å². The van der Waals surface area contributed by atoms with Gasteiger partial charge in [0.1, 0.15) is 11.9 Å². The lowest BCUT2D eigenvalue weighted by atomic mass is 10.00. The van der Waals surface area contributed by atoms with Crippen LogP contribution in [-0.4, -0.2) is 20.6 Å². The second-order valence-electron chi connectivity index (χ2n) is 8.68. The highest BCUT2D eigenvalue weighted by Crippen LogP contribution is 2.42. The normalized spacial score (nSPS) is 17.2. The lowest BCUT2D eigenvalue weighted by Crippen LogP contribution is -2.30. The Morgan fingerprint density at radius 1 is 1.08 bits per heavy atom. The van der Waals surface area contributed by atoms with E-state index in [0.29, 0.717) is 11.5 Å². The summed E-state index contributed by atoms with van der Waals surface area (Å²) in [6.07, 6.45) is 4.15. The minimum Gasteiger partial charge on any atom is -0.351 e. The highest BCUT2D eigenvalue weighted by atomic mass is 32.1. The Kier molecular flexibility index (Phi) is 6.52. The molecule has 0 spiro atoms. The molecule has 1 aliphatic rings. The van der Waals surface area contributed by atoms with E-state index in [-0.39, 0.29) is 23.8 Å². The lowest BCUT2D eigenvalue weighted by molar-refractivity contribution is -0.115. The van der Waals surface area contributed by atoms with E-state index in [0.717, 1.165) is 34.0 Å². The molecule has 1 aliphatic heterocycles. The quantitative estimate of drug-likeness (QED) is 0.326. The first-order chi connectivity index (χ1) is 17.5. The summed E-state index contributed by atoms with van der Waals surface area (Å²) in [5.74, 6) is -0.315. The third-order valence-electron chi connectivity index (χ3n) is 6.37. The van der Waals surface area contributed by atoms with E-state index in [1.807, 2.05) is 67.1 Å². The van der Waals surface area contributed by atoms with Crippen molar-refractivity contribution in [2.24, 2.45) is 0 Å². The number of carbonyl (C=O) groups is 1.